The summed E-state index contributed by atoms with van der Waals surface area (Å²) in [5.41, 5.74) is 3.41. The fourth-order valence-electron chi connectivity index (χ4n) is 2.24. The van der Waals surface area contributed by atoms with Crippen molar-refractivity contribution in [2.24, 2.45) is 5.16 Å². The van der Waals surface area contributed by atoms with Crippen molar-refractivity contribution < 1.29 is 38.3 Å². The smallest absolute Gasteiger partial charge is 0.435 e. The number of nitrogens with two attached hydrogens (primary N) is 1. The molecular weight excluding hydrogens is 429 g/mol. The summed E-state index contributed by atoms with van der Waals surface area (Å²) in [5.74, 6) is -3.07. The molecule has 1 saturated heterocycles. The van der Waals surface area contributed by atoms with Crippen LogP contribution in [0.3, 0.4) is 0 Å². The predicted octanol–water partition coefficient (Wildman–Crippen LogP) is -0.228. The quantitative estimate of drug-likeness (QED) is 0.178. The van der Waals surface area contributed by atoms with E-state index in [1.807, 2.05) is 0 Å². The Hall–Kier alpha value is -2.54. The number of carbonyl (C=O) groups excluding carboxylic acids is 2. The Morgan fingerprint density at radius 3 is 2.55 bits per heavy atom. The monoisotopic (exact) mass is 449 g/mol. The van der Waals surface area contributed by atoms with E-state index in [0.717, 1.165) is 18.4 Å². The lowest BCUT2D eigenvalue weighted by atomic mass is 10.0. The van der Waals surface area contributed by atoms with Crippen LogP contribution in [0, 0.1) is 0 Å². The maximum Gasteiger partial charge on any atom is 0.435 e. The lowest BCUT2D eigenvalue weighted by Crippen LogP contribution is -2.68. The number of nitrogens with zero attached hydrogens (tertiary/aromatic N) is 3. The average molecular weight is 449 g/mol. The Morgan fingerprint density at radius 2 is 2.10 bits per heavy atom. The zero-order valence-electron chi connectivity index (χ0n) is 15.9. The molecule has 1 fully saturated rings. The minimum absolute atomic E-state index is 0.00666. The molecule has 0 aliphatic carbocycles. The van der Waals surface area contributed by atoms with Gasteiger partial charge in [-0.1, -0.05) is 5.16 Å². The van der Waals surface area contributed by atoms with E-state index < -0.39 is 48.9 Å². The summed E-state index contributed by atoms with van der Waals surface area (Å²) in [6, 6.07) is -1.98. The number of anilines is 1. The zero-order valence-corrected chi connectivity index (χ0v) is 17.6. The molecule has 13 nitrogen and oxygen atoms in total. The molecule has 0 bridgehead atoms. The Labute approximate surface area is 169 Å². The second-order valence-corrected chi connectivity index (χ2v) is 9.13. The summed E-state index contributed by atoms with van der Waals surface area (Å²) in [6.45, 7) is 3.89. The van der Waals surface area contributed by atoms with Crippen LogP contribution in [-0.2, 0) is 28.3 Å². The highest BCUT2D eigenvalue weighted by Crippen LogP contribution is 2.51. The summed E-state index contributed by atoms with van der Waals surface area (Å²) in [4.78, 5) is 54.6. The highest BCUT2D eigenvalue weighted by atomic mass is 32.1. The minimum atomic E-state index is -4.31. The molecule has 2 rings (SSSR count). The van der Waals surface area contributed by atoms with Crippen LogP contribution in [0.25, 0.3) is 0 Å². The third kappa shape index (κ3) is 4.56. The van der Waals surface area contributed by atoms with Crippen LogP contribution in [0.5, 0.6) is 0 Å². The summed E-state index contributed by atoms with van der Waals surface area (Å²) in [6.07, 6.45) is 0. The number of aliphatic carboxylic acids is 1. The molecule has 0 spiro atoms. The highest BCUT2D eigenvalue weighted by Gasteiger charge is 2.54. The fourth-order valence-corrected chi connectivity index (χ4v) is 3.93. The fraction of sp³-hybridized carbons (Fsp3) is 0.500. The lowest BCUT2D eigenvalue weighted by Gasteiger charge is -2.45. The Morgan fingerprint density at radius 1 is 1.48 bits per heavy atom. The number of carboxylic acid groups (broad SMARTS) is 1. The van der Waals surface area contributed by atoms with Gasteiger partial charge in [-0.25, -0.2) is 19.0 Å². The molecule has 15 heteroatoms. The molecule has 1 aromatic heterocycles. The Balaban J connectivity index is 2.24. The van der Waals surface area contributed by atoms with Crippen LogP contribution in [0.1, 0.15) is 26.5 Å². The van der Waals surface area contributed by atoms with Crippen LogP contribution >= 0.6 is 19.1 Å². The first-order valence-electron chi connectivity index (χ1n) is 8.05. The maximum absolute atomic E-state index is 12.7. The largest absolute Gasteiger partial charge is 0.478 e. The van der Waals surface area contributed by atoms with Gasteiger partial charge in [0.2, 0.25) is 5.60 Å². The molecule has 1 unspecified atom stereocenters. The SMILES string of the molecule is COP(=O)(O)N1C(=O)[C@H](NC(=O)C(=NOC(C)(C)C(=O)O)c2csc(N)n2)[C@@H]1C. The topological polar surface area (TPSA) is 194 Å². The lowest BCUT2D eigenvalue weighted by molar-refractivity contribution is -0.161. The molecule has 1 aliphatic rings. The minimum Gasteiger partial charge on any atom is -0.478 e. The van der Waals surface area contributed by atoms with Crippen molar-refractivity contribution in [3.63, 3.8) is 0 Å². The van der Waals surface area contributed by atoms with Gasteiger partial charge in [0.1, 0.15) is 11.7 Å². The number of carboxylic acids is 1. The van der Waals surface area contributed by atoms with E-state index in [2.05, 4.69) is 20.0 Å². The molecular formula is C14H20N5O8PS. The summed E-state index contributed by atoms with van der Waals surface area (Å²) in [5, 5.41) is 16.6. The van der Waals surface area contributed by atoms with Crippen molar-refractivity contribution in [2.45, 2.75) is 38.5 Å². The van der Waals surface area contributed by atoms with Gasteiger partial charge in [0, 0.05) is 12.5 Å². The van der Waals surface area contributed by atoms with Crippen LogP contribution < -0.4 is 11.1 Å². The molecule has 0 aromatic carbocycles. The van der Waals surface area contributed by atoms with Gasteiger partial charge in [0.25, 0.3) is 11.8 Å². The van der Waals surface area contributed by atoms with Gasteiger partial charge in [-0.3, -0.25) is 14.1 Å². The molecule has 1 aliphatic heterocycles. The molecule has 160 valence electrons. The number of aromatic nitrogens is 1. The van der Waals surface area contributed by atoms with Gasteiger partial charge in [0.15, 0.2) is 10.8 Å². The third-order valence-electron chi connectivity index (χ3n) is 4.02. The van der Waals surface area contributed by atoms with Gasteiger partial charge in [-0.2, -0.15) is 0 Å². The van der Waals surface area contributed by atoms with Gasteiger partial charge in [-0.15, -0.1) is 11.3 Å². The van der Waals surface area contributed by atoms with Gasteiger partial charge in [0.05, 0.1) is 6.04 Å². The molecule has 0 radical (unpaired) electrons. The highest BCUT2D eigenvalue weighted by molar-refractivity contribution is 7.51. The molecule has 5 N–H and O–H groups in total. The van der Waals surface area contributed by atoms with Crippen LogP contribution in [0.2, 0.25) is 0 Å². The average Bonchev–Trinajstić information content (AvgIpc) is 3.05. The Kier molecular flexibility index (Phi) is 6.33. The van der Waals surface area contributed by atoms with Crippen molar-refractivity contribution in [1.29, 1.82) is 0 Å². The second kappa shape index (κ2) is 8.06. The molecule has 29 heavy (non-hydrogen) atoms. The number of rotatable bonds is 8. The van der Waals surface area contributed by atoms with Crippen molar-refractivity contribution in [1.82, 2.24) is 15.0 Å². The molecule has 3 atom stereocenters. The summed E-state index contributed by atoms with van der Waals surface area (Å²) < 4.78 is 16.9. The van der Waals surface area contributed by atoms with Gasteiger partial charge >= 0.3 is 13.7 Å². The number of hydrogen-bond donors (Lipinski definition) is 4. The molecule has 2 heterocycles. The first-order valence-corrected chi connectivity index (χ1v) is 10.5. The maximum atomic E-state index is 12.7. The normalized spacial score (nSPS) is 21.9. The first-order chi connectivity index (χ1) is 13.3. The number of β-lactam (4-membered cyclic amide) rings is 1. The molecule has 1 aromatic rings. The first kappa shape index (κ1) is 22.7. The van der Waals surface area contributed by atoms with Crippen molar-refractivity contribution in [3.8, 4) is 0 Å². The van der Waals surface area contributed by atoms with E-state index in [9.17, 15) is 23.8 Å². The van der Waals surface area contributed by atoms with Gasteiger partial charge in [-0.05, 0) is 20.8 Å². The van der Waals surface area contributed by atoms with Crippen LogP contribution in [0.15, 0.2) is 10.5 Å². The number of hydrogen-bond acceptors (Lipinski definition) is 10. The number of nitrogens with one attached hydrogen (secondary N) is 1. The van der Waals surface area contributed by atoms with E-state index in [4.69, 9.17) is 15.7 Å². The summed E-state index contributed by atoms with van der Waals surface area (Å²) >= 11 is 1.01. The number of oxime groups is 1. The van der Waals surface area contributed by atoms with Gasteiger partial charge < -0.3 is 25.9 Å². The Bertz CT molecular complexity index is 916. The number of carbonyl (C=O) groups is 3. The number of amides is 2. The number of nitrogen functional groups attached to an aromatic ring is 1. The number of thiazole rings is 1. The second-order valence-electron chi connectivity index (χ2n) is 6.47. The summed E-state index contributed by atoms with van der Waals surface area (Å²) in [7, 11) is -3.33. The van der Waals surface area contributed by atoms with Crippen molar-refractivity contribution >= 4 is 47.7 Å². The van der Waals surface area contributed by atoms with E-state index in [1.165, 1.54) is 26.2 Å². The molecule has 2 amide bonds. The van der Waals surface area contributed by atoms with E-state index >= 15 is 0 Å². The van der Waals surface area contributed by atoms with Crippen molar-refractivity contribution in [3.05, 3.63) is 11.1 Å². The van der Waals surface area contributed by atoms with E-state index in [1.54, 1.807) is 0 Å². The third-order valence-corrected chi connectivity index (χ3v) is 6.27. The standard InChI is InChI=1S/C14H20N5O8PS/c1-6-8(11(21)19(6)28(24,25)26-4)17-10(20)9(7-5-29-13(15)16-7)18-27-14(2,3)12(22)23/h5-6,8H,1-4H3,(H2,15,16)(H,17,20)(H,22,23)(H,24,25)/t6-,8+/m0/s1. The molecule has 0 saturated carbocycles. The van der Waals surface area contributed by atoms with Crippen molar-refractivity contribution in [2.75, 3.05) is 12.8 Å². The zero-order chi connectivity index (χ0) is 22.1. The van der Waals surface area contributed by atoms with Crippen LogP contribution in [-0.4, -0.2) is 67.9 Å². The van der Waals surface area contributed by atoms with Crippen LogP contribution in [0.4, 0.5) is 5.13 Å². The van der Waals surface area contributed by atoms with E-state index in [0.29, 0.717) is 4.67 Å². The predicted molar refractivity (Wildman–Crippen MR) is 101 cm³/mol. The van der Waals surface area contributed by atoms with E-state index in [-0.39, 0.29) is 10.8 Å².